The third-order valence-corrected chi connectivity index (χ3v) is 3.76. The molecule has 2 nitrogen and oxygen atoms in total. The third-order valence-electron chi connectivity index (χ3n) is 3.76. The first kappa shape index (κ1) is 14.5. The van der Waals surface area contributed by atoms with Gasteiger partial charge in [-0.1, -0.05) is 67.6 Å². The van der Waals surface area contributed by atoms with Crippen LogP contribution in [0.1, 0.15) is 35.1 Å². The predicted molar refractivity (Wildman–Crippen MR) is 89.9 cm³/mol. The largest absolute Gasteiger partial charge is 0.257 e. The van der Waals surface area contributed by atoms with Crippen LogP contribution in [-0.4, -0.2) is 9.97 Å². The minimum absolute atomic E-state index is 0.833. The topological polar surface area (TPSA) is 25.8 Å². The molecular formula is C20H20N2. The first-order valence-electron chi connectivity index (χ1n) is 7.76. The highest BCUT2D eigenvalue weighted by atomic mass is 14.8. The van der Waals surface area contributed by atoms with E-state index < -0.39 is 0 Å². The van der Waals surface area contributed by atoms with Crippen molar-refractivity contribution in [1.29, 1.82) is 0 Å². The van der Waals surface area contributed by atoms with Crippen LogP contribution >= 0.6 is 0 Å². The molecule has 110 valence electrons. The molecule has 0 aliphatic carbocycles. The van der Waals surface area contributed by atoms with Gasteiger partial charge in [-0.2, -0.15) is 0 Å². The summed E-state index contributed by atoms with van der Waals surface area (Å²) in [6, 6.07) is 20.9. The van der Waals surface area contributed by atoms with Gasteiger partial charge in [0.25, 0.3) is 0 Å². The Kier molecular flexibility index (Phi) is 4.59. The minimum atomic E-state index is 0.833. The zero-order chi connectivity index (χ0) is 15.2. The second kappa shape index (κ2) is 6.99. The number of nitrogens with zero attached hydrogens (tertiary/aromatic N) is 2. The monoisotopic (exact) mass is 288 g/mol. The zero-order valence-electron chi connectivity index (χ0n) is 12.9. The van der Waals surface area contributed by atoms with Crippen molar-refractivity contribution in [3.63, 3.8) is 0 Å². The van der Waals surface area contributed by atoms with Crippen LogP contribution in [0.3, 0.4) is 0 Å². The van der Waals surface area contributed by atoms with E-state index >= 15 is 0 Å². The van der Waals surface area contributed by atoms with Gasteiger partial charge in [-0.25, -0.2) is 0 Å². The lowest BCUT2D eigenvalue weighted by molar-refractivity contribution is 0.881. The van der Waals surface area contributed by atoms with Gasteiger partial charge in [0.15, 0.2) is 0 Å². The fourth-order valence-corrected chi connectivity index (χ4v) is 2.61. The van der Waals surface area contributed by atoms with Crippen LogP contribution in [0.15, 0.2) is 66.9 Å². The van der Waals surface area contributed by atoms with Crippen molar-refractivity contribution in [3.8, 4) is 0 Å². The lowest BCUT2D eigenvalue weighted by Gasteiger charge is -2.09. The Bertz CT molecular complexity index is 721. The number of hydrogen-bond donors (Lipinski definition) is 0. The van der Waals surface area contributed by atoms with Crippen molar-refractivity contribution < 1.29 is 0 Å². The SMILES string of the molecule is CCc1ncc(Cc2ccccc2)nc1Cc1ccccc1. The second-order valence-electron chi connectivity index (χ2n) is 5.43. The number of benzene rings is 2. The zero-order valence-corrected chi connectivity index (χ0v) is 12.9. The summed E-state index contributed by atoms with van der Waals surface area (Å²) in [5.74, 6) is 0. The average molecular weight is 288 g/mol. The number of rotatable bonds is 5. The molecule has 0 atom stereocenters. The van der Waals surface area contributed by atoms with E-state index in [1.54, 1.807) is 0 Å². The Hall–Kier alpha value is -2.48. The van der Waals surface area contributed by atoms with Crippen molar-refractivity contribution in [3.05, 3.63) is 95.1 Å². The van der Waals surface area contributed by atoms with Gasteiger partial charge in [-0.3, -0.25) is 9.97 Å². The molecule has 0 unspecified atom stereocenters. The van der Waals surface area contributed by atoms with Gasteiger partial charge < -0.3 is 0 Å². The Morgan fingerprint density at radius 1 is 0.727 bits per heavy atom. The Morgan fingerprint density at radius 3 is 1.91 bits per heavy atom. The third kappa shape index (κ3) is 3.59. The summed E-state index contributed by atoms with van der Waals surface area (Å²) < 4.78 is 0. The molecule has 22 heavy (non-hydrogen) atoms. The summed E-state index contributed by atoms with van der Waals surface area (Å²) in [4.78, 5) is 9.50. The van der Waals surface area contributed by atoms with Gasteiger partial charge in [0.2, 0.25) is 0 Å². The summed E-state index contributed by atoms with van der Waals surface area (Å²) in [5.41, 5.74) is 5.78. The van der Waals surface area contributed by atoms with E-state index in [0.717, 1.165) is 36.3 Å². The highest BCUT2D eigenvalue weighted by Gasteiger charge is 2.08. The van der Waals surface area contributed by atoms with Gasteiger partial charge in [0.05, 0.1) is 17.1 Å². The first-order chi connectivity index (χ1) is 10.8. The molecule has 0 fully saturated rings. The van der Waals surface area contributed by atoms with Crippen LogP contribution in [0.2, 0.25) is 0 Å². The standard InChI is InChI=1S/C20H20N2/c1-2-19-20(14-17-11-7-4-8-12-17)22-18(15-21-19)13-16-9-5-3-6-10-16/h3-12,15H,2,13-14H2,1H3. The lowest BCUT2D eigenvalue weighted by atomic mass is 10.1. The van der Waals surface area contributed by atoms with E-state index in [0.29, 0.717) is 0 Å². The molecule has 2 aromatic carbocycles. The van der Waals surface area contributed by atoms with Crippen LogP contribution in [0.25, 0.3) is 0 Å². The van der Waals surface area contributed by atoms with Crippen molar-refractivity contribution in [2.75, 3.05) is 0 Å². The van der Waals surface area contributed by atoms with Gasteiger partial charge in [0, 0.05) is 19.0 Å². The molecule has 1 heterocycles. The van der Waals surface area contributed by atoms with Gasteiger partial charge in [-0.15, -0.1) is 0 Å². The quantitative estimate of drug-likeness (QED) is 0.702. The average Bonchev–Trinajstić information content (AvgIpc) is 2.57. The molecule has 0 aliphatic rings. The molecule has 0 aliphatic heterocycles. The van der Waals surface area contributed by atoms with Crippen LogP contribution in [-0.2, 0) is 19.3 Å². The molecule has 0 saturated heterocycles. The number of hydrogen-bond acceptors (Lipinski definition) is 2. The summed E-state index contributed by atoms with van der Waals surface area (Å²) in [6.45, 7) is 2.13. The van der Waals surface area contributed by atoms with E-state index in [1.807, 2.05) is 18.3 Å². The Balaban J connectivity index is 1.86. The van der Waals surface area contributed by atoms with Gasteiger partial charge in [0.1, 0.15) is 0 Å². The maximum absolute atomic E-state index is 4.87. The molecule has 2 heteroatoms. The van der Waals surface area contributed by atoms with Crippen LogP contribution in [0.4, 0.5) is 0 Å². The summed E-state index contributed by atoms with van der Waals surface area (Å²) >= 11 is 0. The van der Waals surface area contributed by atoms with Crippen molar-refractivity contribution in [2.45, 2.75) is 26.2 Å². The minimum Gasteiger partial charge on any atom is -0.257 e. The Labute approximate surface area is 131 Å². The summed E-state index contributed by atoms with van der Waals surface area (Å²) in [5, 5.41) is 0. The molecule has 0 saturated carbocycles. The highest BCUT2D eigenvalue weighted by molar-refractivity contribution is 5.27. The van der Waals surface area contributed by atoms with Gasteiger partial charge in [-0.05, 0) is 17.5 Å². The molecule has 0 bridgehead atoms. The summed E-state index contributed by atoms with van der Waals surface area (Å²) in [6.07, 6.45) is 4.51. The molecular weight excluding hydrogens is 268 g/mol. The van der Waals surface area contributed by atoms with Crippen molar-refractivity contribution >= 4 is 0 Å². The van der Waals surface area contributed by atoms with E-state index in [-0.39, 0.29) is 0 Å². The highest BCUT2D eigenvalue weighted by Crippen LogP contribution is 2.14. The molecule has 0 amide bonds. The van der Waals surface area contributed by atoms with E-state index in [4.69, 9.17) is 4.98 Å². The van der Waals surface area contributed by atoms with Crippen LogP contribution in [0.5, 0.6) is 0 Å². The van der Waals surface area contributed by atoms with E-state index in [9.17, 15) is 0 Å². The Morgan fingerprint density at radius 2 is 1.32 bits per heavy atom. The van der Waals surface area contributed by atoms with Crippen LogP contribution < -0.4 is 0 Å². The van der Waals surface area contributed by atoms with Crippen LogP contribution in [0, 0.1) is 0 Å². The summed E-state index contributed by atoms with van der Waals surface area (Å²) in [7, 11) is 0. The molecule has 3 aromatic rings. The molecule has 0 spiro atoms. The number of aryl methyl sites for hydroxylation is 1. The molecule has 3 rings (SSSR count). The number of aromatic nitrogens is 2. The fraction of sp³-hybridized carbons (Fsp3) is 0.200. The maximum atomic E-state index is 4.87. The fourth-order valence-electron chi connectivity index (χ4n) is 2.61. The van der Waals surface area contributed by atoms with Crippen molar-refractivity contribution in [1.82, 2.24) is 9.97 Å². The normalized spacial score (nSPS) is 10.6. The maximum Gasteiger partial charge on any atom is 0.0665 e. The molecule has 0 radical (unpaired) electrons. The second-order valence-corrected chi connectivity index (χ2v) is 5.43. The van der Waals surface area contributed by atoms with E-state index in [1.165, 1.54) is 11.1 Å². The van der Waals surface area contributed by atoms with Crippen molar-refractivity contribution in [2.24, 2.45) is 0 Å². The smallest absolute Gasteiger partial charge is 0.0665 e. The van der Waals surface area contributed by atoms with Gasteiger partial charge >= 0.3 is 0 Å². The predicted octanol–water partition coefficient (Wildman–Crippen LogP) is 4.22. The lowest BCUT2D eigenvalue weighted by Crippen LogP contribution is -2.05. The molecule has 1 aromatic heterocycles. The van der Waals surface area contributed by atoms with E-state index in [2.05, 4.69) is 60.4 Å². The molecule has 0 N–H and O–H groups in total. The first-order valence-corrected chi connectivity index (χ1v) is 7.76.